The van der Waals surface area contributed by atoms with Crippen LogP contribution in [0.4, 0.5) is 14.9 Å². The maximum Gasteiger partial charge on any atom is 0.319 e. The number of nitrogens with one attached hydrogen (secondary N) is 3. The molecule has 2 amide bonds. The number of amidine groups is 1. The molecule has 0 spiro atoms. The first-order valence-corrected chi connectivity index (χ1v) is 6.27. The number of carbonyl (C=O) groups is 1. The third kappa shape index (κ3) is 3.43. The predicted molar refractivity (Wildman–Crippen MR) is 71.8 cm³/mol. The van der Waals surface area contributed by atoms with Crippen molar-refractivity contribution in [2.45, 2.75) is 31.7 Å². The van der Waals surface area contributed by atoms with E-state index in [1.807, 2.05) is 0 Å². The van der Waals surface area contributed by atoms with Gasteiger partial charge in [0, 0.05) is 11.6 Å². The van der Waals surface area contributed by atoms with Crippen LogP contribution < -0.4 is 16.4 Å². The number of nitrogen functional groups attached to an aromatic ring is 1. The van der Waals surface area contributed by atoms with E-state index < -0.39 is 11.8 Å². The van der Waals surface area contributed by atoms with E-state index in [0.717, 1.165) is 31.7 Å². The Labute approximate surface area is 110 Å². The number of halogens is 1. The molecule has 0 radical (unpaired) electrons. The highest BCUT2D eigenvalue weighted by Gasteiger charge is 2.17. The fourth-order valence-electron chi connectivity index (χ4n) is 2.20. The van der Waals surface area contributed by atoms with E-state index in [2.05, 4.69) is 10.6 Å². The van der Waals surface area contributed by atoms with Gasteiger partial charge in [-0.25, -0.2) is 9.18 Å². The molecule has 0 aliphatic heterocycles. The van der Waals surface area contributed by atoms with Crippen LogP contribution in [-0.4, -0.2) is 17.9 Å². The van der Waals surface area contributed by atoms with Gasteiger partial charge in [0.2, 0.25) is 0 Å². The molecule has 19 heavy (non-hydrogen) atoms. The molecule has 1 fully saturated rings. The first kappa shape index (κ1) is 13.3. The zero-order chi connectivity index (χ0) is 13.8. The van der Waals surface area contributed by atoms with Crippen molar-refractivity contribution in [3.63, 3.8) is 0 Å². The SMILES string of the molecule is N=C(N)c1ccc(NC(=O)NC2CCCC2)c(F)c1. The van der Waals surface area contributed by atoms with Gasteiger partial charge in [-0.3, -0.25) is 5.41 Å². The monoisotopic (exact) mass is 264 g/mol. The minimum atomic E-state index is -0.603. The fraction of sp³-hybridized carbons (Fsp3) is 0.385. The quantitative estimate of drug-likeness (QED) is 0.497. The number of hydrogen-bond donors (Lipinski definition) is 4. The summed E-state index contributed by atoms with van der Waals surface area (Å²) in [5.41, 5.74) is 5.63. The van der Waals surface area contributed by atoms with Crippen molar-refractivity contribution in [1.29, 1.82) is 5.41 Å². The molecule has 0 atom stereocenters. The second kappa shape index (κ2) is 5.69. The summed E-state index contributed by atoms with van der Waals surface area (Å²) in [5, 5.41) is 12.5. The molecule has 0 bridgehead atoms. The maximum atomic E-state index is 13.7. The molecule has 2 rings (SSSR count). The summed E-state index contributed by atoms with van der Waals surface area (Å²) < 4.78 is 13.7. The van der Waals surface area contributed by atoms with Crippen molar-refractivity contribution in [2.75, 3.05) is 5.32 Å². The minimum Gasteiger partial charge on any atom is -0.384 e. The van der Waals surface area contributed by atoms with Crippen molar-refractivity contribution >= 4 is 17.6 Å². The van der Waals surface area contributed by atoms with Gasteiger partial charge in [0.1, 0.15) is 11.7 Å². The van der Waals surface area contributed by atoms with Crippen LogP contribution in [0.1, 0.15) is 31.2 Å². The Morgan fingerprint density at radius 3 is 2.63 bits per heavy atom. The van der Waals surface area contributed by atoms with Crippen LogP contribution >= 0.6 is 0 Å². The van der Waals surface area contributed by atoms with E-state index >= 15 is 0 Å². The molecular formula is C13H17FN4O. The van der Waals surface area contributed by atoms with Gasteiger partial charge < -0.3 is 16.4 Å². The Kier molecular flexibility index (Phi) is 3.99. The third-order valence-corrected chi connectivity index (χ3v) is 3.22. The van der Waals surface area contributed by atoms with Gasteiger partial charge in [-0.1, -0.05) is 12.8 Å². The van der Waals surface area contributed by atoms with Gasteiger partial charge >= 0.3 is 6.03 Å². The van der Waals surface area contributed by atoms with Gasteiger partial charge in [0.05, 0.1) is 5.69 Å². The zero-order valence-corrected chi connectivity index (χ0v) is 10.5. The minimum absolute atomic E-state index is 0.0838. The number of urea groups is 1. The summed E-state index contributed by atoms with van der Waals surface area (Å²) in [7, 11) is 0. The van der Waals surface area contributed by atoms with E-state index in [-0.39, 0.29) is 17.6 Å². The van der Waals surface area contributed by atoms with Crippen LogP contribution in [0.2, 0.25) is 0 Å². The van der Waals surface area contributed by atoms with Crippen molar-refractivity contribution in [3.8, 4) is 0 Å². The fourth-order valence-corrected chi connectivity index (χ4v) is 2.20. The lowest BCUT2D eigenvalue weighted by atomic mass is 10.2. The highest BCUT2D eigenvalue weighted by Crippen LogP contribution is 2.19. The number of carbonyl (C=O) groups excluding carboxylic acids is 1. The van der Waals surface area contributed by atoms with E-state index in [1.54, 1.807) is 0 Å². The number of nitrogens with two attached hydrogens (primary N) is 1. The van der Waals surface area contributed by atoms with Crippen LogP contribution in [0.15, 0.2) is 18.2 Å². The first-order valence-electron chi connectivity index (χ1n) is 6.27. The summed E-state index contributed by atoms with van der Waals surface area (Å²) in [6, 6.07) is 3.81. The topological polar surface area (TPSA) is 91.0 Å². The molecule has 1 saturated carbocycles. The third-order valence-electron chi connectivity index (χ3n) is 3.22. The summed E-state index contributed by atoms with van der Waals surface area (Å²) in [5.74, 6) is -0.810. The number of anilines is 1. The summed E-state index contributed by atoms with van der Waals surface area (Å²) in [6.45, 7) is 0. The van der Waals surface area contributed by atoms with Crippen molar-refractivity contribution in [3.05, 3.63) is 29.6 Å². The molecule has 0 heterocycles. The van der Waals surface area contributed by atoms with Gasteiger partial charge in [-0.15, -0.1) is 0 Å². The first-order chi connectivity index (χ1) is 9.06. The molecule has 1 aliphatic rings. The van der Waals surface area contributed by atoms with E-state index in [0.29, 0.717) is 5.56 Å². The highest BCUT2D eigenvalue weighted by atomic mass is 19.1. The molecular weight excluding hydrogens is 247 g/mol. The molecule has 1 aliphatic carbocycles. The molecule has 102 valence electrons. The Morgan fingerprint density at radius 2 is 2.05 bits per heavy atom. The van der Waals surface area contributed by atoms with Gasteiger partial charge in [0.15, 0.2) is 0 Å². The molecule has 1 aromatic carbocycles. The van der Waals surface area contributed by atoms with Gasteiger partial charge in [-0.2, -0.15) is 0 Å². The molecule has 0 saturated heterocycles. The summed E-state index contributed by atoms with van der Waals surface area (Å²) in [4.78, 5) is 11.7. The van der Waals surface area contributed by atoms with Crippen molar-refractivity contribution < 1.29 is 9.18 Å². The largest absolute Gasteiger partial charge is 0.384 e. The van der Waals surface area contributed by atoms with Crippen LogP contribution in [0.25, 0.3) is 0 Å². The number of benzene rings is 1. The number of amides is 2. The van der Waals surface area contributed by atoms with E-state index in [1.165, 1.54) is 12.1 Å². The number of rotatable bonds is 3. The van der Waals surface area contributed by atoms with Crippen LogP contribution in [0.3, 0.4) is 0 Å². The van der Waals surface area contributed by atoms with E-state index in [4.69, 9.17) is 11.1 Å². The lowest BCUT2D eigenvalue weighted by Gasteiger charge is -2.13. The van der Waals surface area contributed by atoms with Gasteiger partial charge in [-0.05, 0) is 31.0 Å². The highest BCUT2D eigenvalue weighted by molar-refractivity contribution is 5.96. The Morgan fingerprint density at radius 1 is 1.37 bits per heavy atom. The van der Waals surface area contributed by atoms with Gasteiger partial charge in [0.25, 0.3) is 0 Å². The Hall–Kier alpha value is -2.11. The van der Waals surface area contributed by atoms with Crippen molar-refractivity contribution in [2.24, 2.45) is 5.73 Å². The standard InChI is InChI=1S/C13H17FN4O/c14-10-7-8(12(15)16)5-6-11(10)18-13(19)17-9-3-1-2-4-9/h5-7,9H,1-4H2,(H3,15,16)(H2,17,18,19). The molecule has 5 nitrogen and oxygen atoms in total. The van der Waals surface area contributed by atoms with Crippen LogP contribution in [0, 0.1) is 11.2 Å². The molecule has 0 unspecified atom stereocenters. The zero-order valence-electron chi connectivity index (χ0n) is 10.5. The molecule has 6 heteroatoms. The summed E-state index contributed by atoms with van der Waals surface area (Å²) in [6.07, 6.45) is 4.18. The van der Waals surface area contributed by atoms with Crippen molar-refractivity contribution in [1.82, 2.24) is 5.32 Å². The second-order valence-electron chi connectivity index (χ2n) is 4.69. The maximum absolute atomic E-state index is 13.7. The molecule has 0 aromatic heterocycles. The Bertz CT molecular complexity index is 497. The van der Waals surface area contributed by atoms with Crippen LogP contribution in [-0.2, 0) is 0 Å². The summed E-state index contributed by atoms with van der Waals surface area (Å²) >= 11 is 0. The van der Waals surface area contributed by atoms with Crippen LogP contribution in [0.5, 0.6) is 0 Å². The van der Waals surface area contributed by atoms with E-state index in [9.17, 15) is 9.18 Å². The second-order valence-corrected chi connectivity index (χ2v) is 4.69. The molecule has 5 N–H and O–H groups in total. The lowest BCUT2D eigenvalue weighted by Crippen LogP contribution is -2.36. The lowest BCUT2D eigenvalue weighted by molar-refractivity contribution is 0.248. The Balaban J connectivity index is 1.98. The average molecular weight is 264 g/mol. The average Bonchev–Trinajstić information content (AvgIpc) is 2.84. The predicted octanol–water partition coefficient (Wildman–Crippen LogP) is 2.17. The number of hydrogen-bond acceptors (Lipinski definition) is 2. The smallest absolute Gasteiger partial charge is 0.319 e. The molecule has 1 aromatic rings. The normalized spacial score (nSPS) is 15.2.